The fourth-order valence-electron chi connectivity index (χ4n) is 1.64. The quantitative estimate of drug-likeness (QED) is 0.236. The lowest BCUT2D eigenvalue weighted by atomic mass is 10.1. The number of rotatable bonds is 11. The molecule has 0 rings (SSSR count). The summed E-state index contributed by atoms with van der Waals surface area (Å²) in [4.78, 5) is 55.7. The van der Waals surface area contributed by atoms with Crippen LogP contribution in [0, 0.1) is 0 Å². The molecule has 0 aliphatic heterocycles. The Morgan fingerprint density at radius 1 is 0.958 bits per heavy atom. The number of carbonyl (C=O) groups excluding carboxylic acids is 3. The Bertz CT molecular complexity index is 509. The second-order valence-corrected chi connectivity index (χ2v) is 5.17. The minimum atomic E-state index is -1.35. The average molecular weight is 346 g/mol. The van der Waals surface area contributed by atoms with Crippen molar-refractivity contribution in [2.75, 3.05) is 0 Å². The minimum absolute atomic E-state index is 0.105. The van der Waals surface area contributed by atoms with Gasteiger partial charge in [-0.1, -0.05) is 0 Å². The summed E-state index contributed by atoms with van der Waals surface area (Å²) >= 11 is 0. The number of aliphatic carboxylic acids is 2. The fourth-order valence-corrected chi connectivity index (χ4v) is 1.64. The average Bonchev–Trinajstić information content (AvgIpc) is 2.47. The number of hydrogen-bond donors (Lipinski definition) is 6. The van der Waals surface area contributed by atoms with Gasteiger partial charge in [0.1, 0.15) is 12.1 Å². The van der Waals surface area contributed by atoms with Crippen molar-refractivity contribution in [3.05, 3.63) is 0 Å². The molecule has 11 heteroatoms. The summed E-state index contributed by atoms with van der Waals surface area (Å²) in [6, 6.07) is -3.53. The molecule has 3 atom stereocenters. The number of nitrogens with two attached hydrogens (primary N) is 2. The molecule has 0 aliphatic carbocycles. The molecule has 3 amide bonds. The highest BCUT2D eigenvalue weighted by Crippen LogP contribution is 2.00. The highest BCUT2D eigenvalue weighted by molar-refractivity contribution is 5.91. The standard InChI is InChI=1S/C13H22N4O7/c1-6(16-12(22)7(14)2-5-10(19)20)11(21)17-8(13(23)24)3-4-9(15)18/h6-8H,2-5,14H2,1H3,(H2,15,18)(H,16,22)(H,17,21)(H,19,20)(H,23,24)/t6-,7-,8-/m0/s1. The molecule has 0 bridgehead atoms. The molecule has 0 aliphatic rings. The summed E-state index contributed by atoms with van der Waals surface area (Å²) in [6.07, 6.45) is -0.817. The van der Waals surface area contributed by atoms with Crippen LogP contribution < -0.4 is 22.1 Å². The van der Waals surface area contributed by atoms with Crippen LogP contribution in [0.25, 0.3) is 0 Å². The fraction of sp³-hybridized carbons (Fsp3) is 0.615. The van der Waals surface area contributed by atoms with Crippen molar-refractivity contribution in [3.8, 4) is 0 Å². The molecule has 8 N–H and O–H groups in total. The third-order valence-corrected chi connectivity index (χ3v) is 3.05. The van der Waals surface area contributed by atoms with Crippen LogP contribution in [-0.2, 0) is 24.0 Å². The summed E-state index contributed by atoms with van der Waals surface area (Å²) in [5.41, 5.74) is 10.4. The highest BCUT2D eigenvalue weighted by Gasteiger charge is 2.25. The first-order valence-corrected chi connectivity index (χ1v) is 7.13. The monoisotopic (exact) mass is 346 g/mol. The Hall–Kier alpha value is -2.69. The molecule has 136 valence electrons. The van der Waals surface area contributed by atoms with E-state index in [1.807, 2.05) is 0 Å². The molecular formula is C13H22N4O7. The lowest BCUT2D eigenvalue weighted by Gasteiger charge is -2.19. The molecule has 0 saturated heterocycles. The maximum Gasteiger partial charge on any atom is 0.326 e. The van der Waals surface area contributed by atoms with Gasteiger partial charge in [0.2, 0.25) is 17.7 Å². The first-order chi connectivity index (χ1) is 11.0. The summed E-state index contributed by atoms with van der Waals surface area (Å²) in [7, 11) is 0. The maximum atomic E-state index is 11.9. The van der Waals surface area contributed by atoms with E-state index >= 15 is 0 Å². The molecule has 0 unspecified atom stereocenters. The molecule has 0 saturated carbocycles. The summed E-state index contributed by atoms with van der Waals surface area (Å²) in [6.45, 7) is 1.31. The zero-order chi connectivity index (χ0) is 18.9. The molecule has 0 aromatic rings. The summed E-state index contributed by atoms with van der Waals surface area (Å²) in [5.74, 6) is -4.68. The molecule has 11 nitrogen and oxygen atoms in total. The lowest BCUT2D eigenvalue weighted by Crippen LogP contribution is -2.53. The third kappa shape index (κ3) is 8.68. The first-order valence-electron chi connectivity index (χ1n) is 7.13. The zero-order valence-corrected chi connectivity index (χ0v) is 13.2. The second-order valence-electron chi connectivity index (χ2n) is 5.17. The van der Waals surface area contributed by atoms with Crippen LogP contribution in [0.3, 0.4) is 0 Å². The van der Waals surface area contributed by atoms with Crippen molar-refractivity contribution in [2.24, 2.45) is 11.5 Å². The van der Waals surface area contributed by atoms with E-state index in [1.54, 1.807) is 0 Å². The van der Waals surface area contributed by atoms with Gasteiger partial charge in [0.05, 0.1) is 6.04 Å². The Labute approximate surface area is 137 Å². The maximum absolute atomic E-state index is 11.9. The lowest BCUT2D eigenvalue weighted by molar-refractivity contribution is -0.142. The Morgan fingerprint density at radius 2 is 1.54 bits per heavy atom. The van der Waals surface area contributed by atoms with E-state index in [4.69, 9.17) is 21.7 Å². The Balaban J connectivity index is 4.51. The van der Waals surface area contributed by atoms with Crippen molar-refractivity contribution >= 4 is 29.7 Å². The number of nitrogens with one attached hydrogen (secondary N) is 2. The molecule has 0 spiro atoms. The summed E-state index contributed by atoms with van der Waals surface area (Å²) < 4.78 is 0. The van der Waals surface area contributed by atoms with Gasteiger partial charge >= 0.3 is 11.9 Å². The van der Waals surface area contributed by atoms with E-state index < -0.39 is 47.8 Å². The highest BCUT2D eigenvalue weighted by atomic mass is 16.4. The number of hydrogen-bond acceptors (Lipinski definition) is 6. The molecule has 0 fully saturated rings. The predicted molar refractivity (Wildman–Crippen MR) is 80.4 cm³/mol. The van der Waals surface area contributed by atoms with Gasteiger partial charge in [-0.2, -0.15) is 0 Å². The van der Waals surface area contributed by atoms with Crippen LogP contribution in [0.1, 0.15) is 32.6 Å². The molecule has 0 radical (unpaired) electrons. The van der Waals surface area contributed by atoms with Gasteiger partial charge in [-0.3, -0.25) is 19.2 Å². The van der Waals surface area contributed by atoms with Crippen LogP contribution in [0.15, 0.2) is 0 Å². The van der Waals surface area contributed by atoms with E-state index in [0.717, 1.165) is 0 Å². The van der Waals surface area contributed by atoms with Gasteiger partial charge in [-0.05, 0) is 19.8 Å². The summed E-state index contributed by atoms with van der Waals surface area (Å²) in [5, 5.41) is 21.9. The largest absolute Gasteiger partial charge is 0.481 e. The van der Waals surface area contributed by atoms with Gasteiger partial charge in [0.25, 0.3) is 0 Å². The van der Waals surface area contributed by atoms with Gasteiger partial charge in [0, 0.05) is 12.8 Å². The first kappa shape index (κ1) is 21.3. The topological polar surface area (TPSA) is 202 Å². The van der Waals surface area contributed by atoms with Crippen LogP contribution >= 0.6 is 0 Å². The zero-order valence-electron chi connectivity index (χ0n) is 13.2. The van der Waals surface area contributed by atoms with E-state index in [1.165, 1.54) is 6.92 Å². The van der Waals surface area contributed by atoms with Gasteiger partial charge < -0.3 is 32.3 Å². The van der Waals surface area contributed by atoms with Crippen molar-refractivity contribution < 1.29 is 34.2 Å². The molecular weight excluding hydrogens is 324 g/mol. The second kappa shape index (κ2) is 10.2. The number of carboxylic acids is 2. The van der Waals surface area contributed by atoms with Crippen molar-refractivity contribution in [3.63, 3.8) is 0 Å². The smallest absolute Gasteiger partial charge is 0.326 e. The number of carboxylic acid groups (broad SMARTS) is 2. The van der Waals surface area contributed by atoms with E-state index in [2.05, 4.69) is 10.6 Å². The van der Waals surface area contributed by atoms with E-state index in [9.17, 15) is 24.0 Å². The van der Waals surface area contributed by atoms with E-state index in [-0.39, 0.29) is 25.7 Å². The Kier molecular flexibility index (Phi) is 9.02. The molecule has 0 aromatic carbocycles. The number of primary amides is 1. The minimum Gasteiger partial charge on any atom is -0.481 e. The van der Waals surface area contributed by atoms with E-state index in [0.29, 0.717) is 0 Å². The predicted octanol–water partition coefficient (Wildman–Crippen LogP) is -2.48. The Morgan fingerprint density at radius 3 is 2.00 bits per heavy atom. The normalized spacial score (nSPS) is 14.1. The SMILES string of the molecule is C[C@H](NC(=O)[C@@H](N)CCC(=O)O)C(=O)N[C@@H](CCC(N)=O)C(=O)O. The molecule has 0 heterocycles. The molecule has 0 aromatic heterocycles. The number of amides is 3. The number of carbonyl (C=O) groups is 5. The van der Waals surface area contributed by atoms with Crippen LogP contribution in [0.5, 0.6) is 0 Å². The van der Waals surface area contributed by atoms with Crippen molar-refractivity contribution in [2.45, 2.75) is 50.7 Å². The van der Waals surface area contributed by atoms with Crippen LogP contribution in [0.4, 0.5) is 0 Å². The van der Waals surface area contributed by atoms with Crippen molar-refractivity contribution in [1.29, 1.82) is 0 Å². The molecule has 24 heavy (non-hydrogen) atoms. The van der Waals surface area contributed by atoms with Gasteiger partial charge in [-0.25, -0.2) is 4.79 Å². The van der Waals surface area contributed by atoms with Crippen molar-refractivity contribution in [1.82, 2.24) is 10.6 Å². The van der Waals surface area contributed by atoms with Crippen LogP contribution in [0.2, 0.25) is 0 Å². The van der Waals surface area contributed by atoms with Gasteiger partial charge in [-0.15, -0.1) is 0 Å². The van der Waals surface area contributed by atoms with Gasteiger partial charge in [0.15, 0.2) is 0 Å². The van der Waals surface area contributed by atoms with Crippen LogP contribution in [-0.4, -0.2) is 58.0 Å². The third-order valence-electron chi connectivity index (χ3n) is 3.05.